The van der Waals surface area contributed by atoms with Gasteiger partial charge in [-0.1, -0.05) is 22.6 Å². The van der Waals surface area contributed by atoms with E-state index in [0.29, 0.717) is 0 Å². The van der Waals surface area contributed by atoms with Crippen LogP contribution in [-0.2, 0) is 0 Å². The Kier molecular flexibility index (Phi) is 1.69. The molecule has 1 saturated carbocycles. The van der Waals surface area contributed by atoms with Gasteiger partial charge in [-0.3, -0.25) is 0 Å². The summed E-state index contributed by atoms with van der Waals surface area (Å²) < 4.78 is 34.9. The summed E-state index contributed by atoms with van der Waals surface area (Å²) in [5.41, 5.74) is 0. The molecule has 0 bridgehead atoms. The molecule has 4 heteroatoms. The fourth-order valence-electron chi connectivity index (χ4n) is 0.557. The van der Waals surface area contributed by atoms with Crippen LogP contribution < -0.4 is 0 Å². The lowest BCUT2D eigenvalue weighted by atomic mass is 9.93. The van der Waals surface area contributed by atoms with E-state index in [1.165, 1.54) is 0 Å². The lowest BCUT2D eigenvalue weighted by Gasteiger charge is -2.33. The molecular weight excluding hydrogens is 232 g/mol. The predicted octanol–water partition coefficient (Wildman–Crippen LogP) is 1.82. The van der Waals surface area contributed by atoms with E-state index >= 15 is 0 Å². The van der Waals surface area contributed by atoms with Crippen LogP contribution >= 0.6 is 22.6 Å². The molecule has 0 nitrogen and oxygen atoms in total. The minimum atomic E-state index is -1.86. The summed E-state index contributed by atoms with van der Waals surface area (Å²) in [6.45, 7) is 0. The number of halogens is 4. The molecule has 1 aliphatic carbocycles. The van der Waals surface area contributed by atoms with Gasteiger partial charge in [0.25, 0.3) is 0 Å². The molecule has 0 N–H and O–H groups in total. The van der Waals surface area contributed by atoms with E-state index in [1.54, 1.807) is 22.6 Å². The SMILES string of the molecule is FC1C(F)C(I)C1F. The van der Waals surface area contributed by atoms with E-state index < -0.39 is 22.4 Å². The van der Waals surface area contributed by atoms with Crippen molar-refractivity contribution in [2.75, 3.05) is 0 Å². The molecule has 0 aromatic carbocycles. The third kappa shape index (κ3) is 0.728. The topological polar surface area (TPSA) is 0 Å². The van der Waals surface area contributed by atoms with Gasteiger partial charge in [-0.25, -0.2) is 13.2 Å². The zero-order valence-corrected chi connectivity index (χ0v) is 5.98. The standard InChI is InChI=1S/C4H4F3I/c5-1-2(6)4(8)3(1)7/h1-4H. The molecule has 1 rings (SSSR count). The van der Waals surface area contributed by atoms with Crippen molar-refractivity contribution in [3.8, 4) is 0 Å². The van der Waals surface area contributed by atoms with Crippen molar-refractivity contribution in [2.24, 2.45) is 0 Å². The van der Waals surface area contributed by atoms with E-state index in [9.17, 15) is 13.2 Å². The zero-order chi connectivity index (χ0) is 6.31. The second kappa shape index (κ2) is 2.04. The Bertz CT molecular complexity index is 65.3. The Morgan fingerprint density at radius 2 is 1.25 bits per heavy atom. The van der Waals surface area contributed by atoms with Crippen LogP contribution in [0.3, 0.4) is 0 Å². The molecule has 0 saturated heterocycles. The maximum atomic E-state index is 11.9. The molecule has 8 heavy (non-hydrogen) atoms. The number of rotatable bonds is 0. The molecule has 1 fully saturated rings. The summed E-state index contributed by atoms with van der Waals surface area (Å²) in [7, 11) is 0. The third-order valence-electron chi connectivity index (χ3n) is 1.22. The first-order valence-electron chi connectivity index (χ1n) is 2.21. The summed E-state index contributed by atoms with van der Waals surface area (Å²) >= 11 is 1.57. The fraction of sp³-hybridized carbons (Fsp3) is 1.00. The van der Waals surface area contributed by atoms with Gasteiger partial charge in [-0.15, -0.1) is 0 Å². The first kappa shape index (κ1) is 6.64. The van der Waals surface area contributed by atoms with E-state index in [0.717, 1.165) is 0 Å². The highest BCUT2D eigenvalue weighted by atomic mass is 127. The average Bonchev–Trinajstić information content (AvgIpc) is 1.83. The largest absolute Gasteiger partial charge is 0.243 e. The predicted molar refractivity (Wildman–Crippen MR) is 32.5 cm³/mol. The normalized spacial score (nSPS) is 55.5. The van der Waals surface area contributed by atoms with Gasteiger partial charge in [0.15, 0.2) is 6.17 Å². The molecule has 0 spiro atoms. The smallest absolute Gasteiger partial charge is 0.164 e. The molecule has 0 heterocycles. The minimum absolute atomic E-state index is 0.761. The Hall–Kier alpha value is 0.520. The van der Waals surface area contributed by atoms with Crippen LogP contribution in [0.25, 0.3) is 0 Å². The molecule has 1 aliphatic rings. The first-order chi connectivity index (χ1) is 3.64. The number of hydrogen-bond donors (Lipinski definition) is 0. The quantitative estimate of drug-likeness (QED) is 0.444. The van der Waals surface area contributed by atoms with Gasteiger partial charge in [0.1, 0.15) is 12.3 Å². The molecule has 48 valence electrons. The molecule has 0 amide bonds. The molecular formula is C4H4F3I. The van der Waals surface area contributed by atoms with E-state index in [2.05, 4.69) is 0 Å². The third-order valence-corrected chi connectivity index (χ3v) is 2.59. The van der Waals surface area contributed by atoms with E-state index in [1.807, 2.05) is 0 Å². The Balaban J connectivity index is 2.42. The first-order valence-corrected chi connectivity index (χ1v) is 3.45. The van der Waals surface area contributed by atoms with Crippen molar-refractivity contribution < 1.29 is 13.2 Å². The second-order valence-electron chi connectivity index (χ2n) is 1.78. The van der Waals surface area contributed by atoms with E-state index in [4.69, 9.17) is 0 Å². The Morgan fingerprint density at radius 1 is 0.875 bits per heavy atom. The van der Waals surface area contributed by atoms with Crippen LogP contribution in [0.1, 0.15) is 0 Å². The molecule has 0 aromatic rings. The Morgan fingerprint density at radius 3 is 1.38 bits per heavy atom. The van der Waals surface area contributed by atoms with Gasteiger partial charge in [-0.2, -0.15) is 0 Å². The monoisotopic (exact) mass is 236 g/mol. The highest BCUT2D eigenvalue weighted by Gasteiger charge is 2.51. The molecule has 0 aromatic heterocycles. The van der Waals surface area contributed by atoms with Gasteiger partial charge in [0.2, 0.25) is 0 Å². The zero-order valence-electron chi connectivity index (χ0n) is 3.82. The van der Waals surface area contributed by atoms with Crippen LogP contribution in [0.5, 0.6) is 0 Å². The van der Waals surface area contributed by atoms with Crippen LogP contribution in [0, 0.1) is 0 Å². The highest BCUT2D eigenvalue weighted by Crippen LogP contribution is 2.36. The van der Waals surface area contributed by atoms with Crippen LogP contribution in [0.4, 0.5) is 13.2 Å². The van der Waals surface area contributed by atoms with Crippen molar-refractivity contribution in [1.29, 1.82) is 0 Å². The van der Waals surface area contributed by atoms with Crippen molar-refractivity contribution in [3.05, 3.63) is 0 Å². The lowest BCUT2D eigenvalue weighted by molar-refractivity contribution is -0.00432. The highest BCUT2D eigenvalue weighted by molar-refractivity contribution is 14.1. The van der Waals surface area contributed by atoms with Crippen molar-refractivity contribution >= 4 is 22.6 Å². The molecule has 2 unspecified atom stereocenters. The van der Waals surface area contributed by atoms with Crippen LogP contribution in [0.2, 0.25) is 0 Å². The summed E-state index contributed by atoms with van der Waals surface area (Å²) in [5.74, 6) is 0. The molecule has 0 aliphatic heterocycles. The number of hydrogen-bond acceptors (Lipinski definition) is 0. The summed E-state index contributed by atoms with van der Waals surface area (Å²) in [4.78, 5) is 0. The fourth-order valence-corrected chi connectivity index (χ4v) is 1.35. The second-order valence-corrected chi connectivity index (χ2v) is 3.22. The van der Waals surface area contributed by atoms with E-state index in [-0.39, 0.29) is 0 Å². The van der Waals surface area contributed by atoms with Gasteiger partial charge >= 0.3 is 0 Å². The van der Waals surface area contributed by atoms with Crippen molar-refractivity contribution in [2.45, 2.75) is 22.4 Å². The maximum absolute atomic E-state index is 11.9. The summed E-state index contributed by atoms with van der Waals surface area (Å²) in [5, 5.41) is 0. The number of alkyl halides is 4. The van der Waals surface area contributed by atoms with Gasteiger partial charge in [0, 0.05) is 0 Å². The van der Waals surface area contributed by atoms with Gasteiger partial charge in [-0.05, 0) is 0 Å². The van der Waals surface area contributed by atoms with Crippen LogP contribution in [0.15, 0.2) is 0 Å². The average molecular weight is 236 g/mol. The molecule has 0 radical (unpaired) electrons. The van der Waals surface area contributed by atoms with Crippen molar-refractivity contribution in [1.82, 2.24) is 0 Å². The van der Waals surface area contributed by atoms with Crippen LogP contribution in [-0.4, -0.2) is 22.4 Å². The Labute approximate surface area is 58.6 Å². The minimum Gasteiger partial charge on any atom is -0.243 e. The molecule has 2 atom stereocenters. The summed E-state index contributed by atoms with van der Waals surface area (Å²) in [6, 6.07) is 0. The maximum Gasteiger partial charge on any atom is 0.164 e. The lowest BCUT2D eigenvalue weighted by Crippen LogP contribution is -2.53. The summed E-state index contributed by atoms with van der Waals surface area (Å²) in [6.07, 6.45) is -5.02. The van der Waals surface area contributed by atoms with Gasteiger partial charge in [0.05, 0.1) is 3.92 Å². The van der Waals surface area contributed by atoms with Gasteiger partial charge < -0.3 is 0 Å². The van der Waals surface area contributed by atoms with Crippen molar-refractivity contribution in [3.63, 3.8) is 0 Å².